The Morgan fingerprint density at radius 1 is 1.38 bits per heavy atom. The number of hydrogen-bond acceptors (Lipinski definition) is 4. The smallest absolute Gasteiger partial charge is 0.309 e. The van der Waals surface area contributed by atoms with Gasteiger partial charge in [-0.05, 0) is 30.9 Å². The fourth-order valence-electron chi connectivity index (χ4n) is 2.53. The van der Waals surface area contributed by atoms with Gasteiger partial charge in [0, 0.05) is 6.20 Å². The number of hydrogen-bond donors (Lipinski definition) is 1. The number of nitrogens with one attached hydrogen (secondary N) is 1. The SMILES string of the molecule is COC(=O)[C@H]1C[C@H]1C(=O)N[C@H](c1ncccc1C)C(C)C. The molecule has 0 aliphatic heterocycles. The van der Waals surface area contributed by atoms with Crippen molar-refractivity contribution in [1.82, 2.24) is 10.3 Å². The van der Waals surface area contributed by atoms with Gasteiger partial charge in [0.15, 0.2) is 0 Å². The number of carbonyl (C=O) groups excluding carboxylic acids is 2. The maximum absolute atomic E-state index is 12.3. The highest BCUT2D eigenvalue weighted by molar-refractivity contribution is 5.90. The Balaban J connectivity index is 2.07. The van der Waals surface area contributed by atoms with E-state index in [4.69, 9.17) is 0 Å². The number of aromatic nitrogens is 1. The summed E-state index contributed by atoms with van der Waals surface area (Å²) in [7, 11) is 1.35. The maximum Gasteiger partial charge on any atom is 0.309 e. The van der Waals surface area contributed by atoms with Crippen LogP contribution in [0.4, 0.5) is 0 Å². The Labute approximate surface area is 125 Å². The van der Waals surface area contributed by atoms with Crippen LogP contribution in [0.3, 0.4) is 0 Å². The van der Waals surface area contributed by atoms with Crippen LogP contribution in [-0.4, -0.2) is 24.0 Å². The molecule has 0 radical (unpaired) electrons. The molecule has 1 fully saturated rings. The molecule has 2 rings (SSSR count). The van der Waals surface area contributed by atoms with Crippen molar-refractivity contribution in [3.63, 3.8) is 0 Å². The van der Waals surface area contributed by atoms with E-state index in [9.17, 15) is 9.59 Å². The highest BCUT2D eigenvalue weighted by Crippen LogP contribution is 2.40. The Bertz CT molecular complexity index is 542. The standard InChI is InChI=1S/C16H22N2O3/c1-9(2)13(14-10(3)6-5-7-17-14)18-15(19)11-8-12(11)16(20)21-4/h5-7,9,11-13H,8H2,1-4H3,(H,18,19)/t11-,12+,13+/m1/s1. The van der Waals surface area contributed by atoms with Crippen LogP contribution in [0, 0.1) is 24.7 Å². The average Bonchev–Trinajstić information content (AvgIpc) is 3.25. The van der Waals surface area contributed by atoms with Crippen molar-refractivity contribution in [3.8, 4) is 0 Å². The van der Waals surface area contributed by atoms with Crippen LogP contribution in [0.15, 0.2) is 18.3 Å². The molecule has 1 aromatic rings. The molecule has 1 aliphatic rings. The predicted molar refractivity (Wildman–Crippen MR) is 78.3 cm³/mol. The monoisotopic (exact) mass is 290 g/mol. The van der Waals surface area contributed by atoms with E-state index in [-0.39, 0.29) is 35.7 Å². The maximum atomic E-state index is 12.3. The lowest BCUT2D eigenvalue weighted by atomic mass is 9.97. The first-order valence-electron chi connectivity index (χ1n) is 7.25. The van der Waals surface area contributed by atoms with E-state index in [1.165, 1.54) is 7.11 Å². The summed E-state index contributed by atoms with van der Waals surface area (Å²) >= 11 is 0. The molecule has 1 N–H and O–H groups in total. The lowest BCUT2D eigenvalue weighted by molar-refractivity contribution is -0.143. The number of rotatable bonds is 5. The molecule has 0 aromatic carbocycles. The van der Waals surface area contributed by atoms with E-state index < -0.39 is 0 Å². The Kier molecular flexibility index (Phi) is 4.60. The molecule has 0 saturated heterocycles. The van der Waals surface area contributed by atoms with Crippen molar-refractivity contribution in [2.45, 2.75) is 33.2 Å². The lowest BCUT2D eigenvalue weighted by Crippen LogP contribution is -2.34. The molecule has 1 heterocycles. The van der Waals surface area contributed by atoms with Gasteiger partial charge in [-0.3, -0.25) is 14.6 Å². The van der Waals surface area contributed by atoms with E-state index in [1.807, 2.05) is 32.9 Å². The second-order valence-electron chi connectivity index (χ2n) is 5.91. The molecule has 21 heavy (non-hydrogen) atoms. The highest BCUT2D eigenvalue weighted by atomic mass is 16.5. The number of methoxy groups -OCH3 is 1. The molecule has 0 unspecified atom stereocenters. The minimum Gasteiger partial charge on any atom is -0.469 e. The van der Waals surface area contributed by atoms with E-state index in [0.29, 0.717) is 6.42 Å². The van der Waals surface area contributed by atoms with Crippen LogP contribution < -0.4 is 5.32 Å². The zero-order valence-electron chi connectivity index (χ0n) is 12.9. The normalized spacial score (nSPS) is 21.8. The van der Waals surface area contributed by atoms with Crippen molar-refractivity contribution in [3.05, 3.63) is 29.6 Å². The first kappa shape index (κ1) is 15.5. The largest absolute Gasteiger partial charge is 0.469 e. The Morgan fingerprint density at radius 3 is 2.67 bits per heavy atom. The molecule has 0 bridgehead atoms. The van der Waals surface area contributed by atoms with Crippen molar-refractivity contribution < 1.29 is 14.3 Å². The van der Waals surface area contributed by atoms with Crippen LogP contribution in [0.5, 0.6) is 0 Å². The third-order valence-corrected chi connectivity index (χ3v) is 3.94. The second-order valence-corrected chi connectivity index (χ2v) is 5.91. The first-order chi connectivity index (χ1) is 9.95. The Morgan fingerprint density at radius 2 is 2.10 bits per heavy atom. The molecule has 1 amide bonds. The molecule has 1 saturated carbocycles. The van der Waals surface area contributed by atoms with Crippen LogP contribution in [0.1, 0.15) is 37.6 Å². The minimum atomic E-state index is -0.301. The molecule has 3 atom stereocenters. The Hall–Kier alpha value is -1.91. The number of esters is 1. The zero-order valence-corrected chi connectivity index (χ0v) is 12.9. The van der Waals surface area contributed by atoms with Gasteiger partial charge in [0.2, 0.25) is 5.91 Å². The van der Waals surface area contributed by atoms with Crippen molar-refractivity contribution in [1.29, 1.82) is 0 Å². The average molecular weight is 290 g/mol. The van der Waals surface area contributed by atoms with Crippen molar-refractivity contribution >= 4 is 11.9 Å². The number of nitrogens with zero attached hydrogens (tertiary/aromatic N) is 1. The van der Waals surface area contributed by atoms with Gasteiger partial charge in [-0.15, -0.1) is 0 Å². The summed E-state index contributed by atoms with van der Waals surface area (Å²) in [5, 5.41) is 3.04. The number of pyridine rings is 1. The molecule has 0 spiro atoms. The van der Waals surface area contributed by atoms with Crippen molar-refractivity contribution in [2.24, 2.45) is 17.8 Å². The quantitative estimate of drug-likeness (QED) is 0.842. The topological polar surface area (TPSA) is 68.3 Å². The van der Waals surface area contributed by atoms with Gasteiger partial charge in [0.25, 0.3) is 0 Å². The van der Waals surface area contributed by atoms with E-state index in [1.54, 1.807) is 6.20 Å². The third kappa shape index (κ3) is 3.40. The van der Waals surface area contributed by atoms with Crippen LogP contribution in [-0.2, 0) is 14.3 Å². The molecular formula is C16H22N2O3. The van der Waals surface area contributed by atoms with E-state index in [2.05, 4.69) is 15.0 Å². The summed E-state index contributed by atoms with van der Waals surface area (Å²) in [6.45, 7) is 6.08. The van der Waals surface area contributed by atoms with Gasteiger partial charge in [-0.1, -0.05) is 19.9 Å². The summed E-state index contributed by atoms with van der Waals surface area (Å²) in [4.78, 5) is 28.1. The van der Waals surface area contributed by atoms with Gasteiger partial charge < -0.3 is 10.1 Å². The molecule has 114 valence electrons. The van der Waals surface area contributed by atoms with Gasteiger partial charge in [0.1, 0.15) is 0 Å². The molecule has 5 nitrogen and oxygen atoms in total. The minimum absolute atomic E-state index is 0.0887. The van der Waals surface area contributed by atoms with Gasteiger partial charge in [-0.2, -0.15) is 0 Å². The summed E-state index contributed by atoms with van der Waals surface area (Å²) in [6, 6.07) is 3.72. The summed E-state index contributed by atoms with van der Waals surface area (Å²) in [5.74, 6) is -0.715. The van der Waals surface area contributed by atoms with Gasteiger partial charge in [0.05, 0.1) is 30.7 Å². The first-order valence-corrected chi connectivity index (χ1v) is 7.25. The second kappa shape index (κ2) is 6.24. The number of aryl methyl sites for hydroxylation is 1. The lowest BCUT2D eigenvalue weighted by Gasteiger charge is -2.23. The fourth-order valence-corrected chi connectivity index (χ4v) is 2.53. The van der Waals surface area contributed by atoms with E-state index >= 15 is 0 Å². The van der Waals surface area contributed by atoms with Gasteiger partial charge >= 0.3 is 5.97 Å². The zero-order chi connectivity index (χ0) is 15.6. The number of amides is 1. The highest BCUT2D eigenvalue weighted by Gasteiger charge is 2.49. The van der Waals surface area contributed by atoms with Crippen LogP contribution >= 0.6 is 0 Å². The summed E-state index contributed by atoms with van der Waals surface area (Å²) in [6.07, 6.45) is 2.31. The van der Waals surface area contributed by atoms with Crippen LogP contribution in [0.2, 0.25) is 0 Å². The van der Waals surface area contributed by atoms with Crippen molar-refractivity contribution in [2.75, 3.05) is 7.11 Å². The number of ether oxygens (including phenoxy) is 1. The van der Waals surface area contributed by atoms with Gasteiger partial charge in [-0.25, -0.2) is 0 Å². The predicted octanol–water partition coefficient (Wildman–Crippen LogP) is 2.01. The van der Waals surface area contributed by atoms with Crippen LogP contribution in [0.25, 0.3) is 0 Å². The third-order valence-electron chi connectivity index (χ3n) is 3.94. The molecule has 5 heteroatoms. The molecule has 1 aliphatic carbocycles. The fraction of sp³-hybridized carbons (Fsp3) is 0.562. The summed E-state index contributed by atoms with van der Waals surface area (Å²) < 4.78 is 4.68. The van der Waals surface area contributed by atoms with E-state index in [0.717, 1.165) is 11.3 Å². The summed E-state index contributed by atoms with van der Waals surface area (Å²) in [5.41, 5.74) is 1.94. The molecule has 1 aromatic heterocycles. The number of carbonyl (C=O) groups is 2. The molecular weight excluding hydrogens is 268 g/mol.